The second-order valence-corrected chi connectivity index (χ2v) is 3.59. The first kappa shape index (κ1) is 9.46. The molecule has 1 aromatic carbocycles. The molecule has 76 valence electrons. The van der Waals surface area contributed by atoms with E-state index in [2.05, 4.69) is 5.32 Å². The van der Waals surface area contributed by atoms with Crippen LogP contribution in [0.5, 0.6) is 5.75 Å². The summed E-state index contributed by atoms with van der Waals surface area (Å²) in [7, 11) is 1.51. The molecule has 2 rings (SSSR count). The number of aryl methyl sites for hydroxylation is 1. The van der Waals surface area contributed by atoms with Crippen LogP contribution in [0.25, 0.3) is 0 Å². The van der Waals surface area contributed by atoms with Gasteiger partial charge in [0.25, 0.3) is 0 Å². The van der Waals surface area contributed by atoms with Gasteiger partial charge in [-0.1, -0.05) is 0 Å². The van der Waals surface area contributed by atoms with Crippen LogP contribution in [0.3, 0.4) is 0 Å². The van der Waals surface area contributed by atoms with Crippen LogP contribution in [0.15, 0.2) is 6.07 Å². The lowest BCUT2D eigenvalue weighted by molar-refractivity contribution is 0.381. The van der Waals surface area contributed by atoms with Gasteiger partial charge in [-0.25, -0.2) is 4.39 Å². The van der Waals surface area contributed by atoms with E-state index in [1.54, 1.807) is 6.07 Å². The Balaban J connectivity index is 2.58. The third kappa shape index (κ3) is 1.38. The topological polar surface area (TPSA) is 21.3 Å². The van der Waals surface area contributed by atoms with E-state index >= 15 is 0 Å². The molecule has 0 atom stereocenters. The molecule has 1 aliphatic heterocycles. The summed E-state index contributed by atoms with van der Waals surface area (Å²) in [5.74, 6) is 0.178. The summed E-state index contributed by atoms with van der Waals surface area (Å²) in [4.78, 5) is 0. The Morgan fingerprint density at radius 2 is 2.21 bits per heavy atom. The Bertz CT molecular complexity index is 363. The third-order valence-electron chi connectivity index (χ3n) is 2.74. The Hall–Kier alpha value is -1.09. The van der Waals surface area contributed by atoms with Crippen molar-refractivity contribution in [3.05, 3.63) is 28.6 Å². The number of rotatable bonds is 1. The van der Waals surface area contributed by atoms with Gasteiger partial charge in [0, 0.05) is 6.54 Å². The predicted molar refractivity (Wildman–Crippen MR) is 53.1 cm³/mol. The van der Waals surface area contributed by atoms with E-state index in [1.165, 1.54) is 7.11 Å². The molecule has 0 saturated heterocycles. The third-order valence-corrected chi connectivity index (χ3v) is 2.74. The zero-order valence-corrected chi connectivity index (χ0v) is 8.48. The number of nitrogens with one attached hydrogen (secondary N) is 1. The summed E-state index contributed by atoms with van der Waals surface area (Å²) < 4.78 is 18.8. The SMILES string of the molecule is COc1cc(C)c2c(c1F)CCNC2. The highest BCUT2D eigenvalue weighted by atomic mass is 19.1. The van der Waals surface area contributed by atoms with Gasteiger partial charge in [0.05, 0.1) is 7.11 Å². The van der Waals surface area contributed by atoms with Crippen molar-refractivity contribution in [3.8, 4) is 5.75 Å². The number of benzene rings is 1. The summed E-state index contributed by atoms with van der Waals surface area (Å²) in [5, 5.41) is 3.24. The van der Waals surface area contributed by atoms with Crippen molar-refractivity contribution >= 4 is 0 Å². The molecule has 1 N–H and O–H groups in total. The lowest BCUT2D eigenvalue weighted by Gasteiger charge is -2.21. The molecule has 0 unspecified atom stereocenters. The van der Waals surface area contributed by atoms with Crippen LogP contribution in [-0.4, -0.2) is 13.7 Å². The van der Waals surface area contributed by atoms with E-state index < -0.39 is 0 Å². The minimum atomic E-state index is -0.186. The Kier molecular flexibility index (Phi) is 2.42. The van der Waals surface area contributed by atoms with Crippen LogP contribution < -0.4 is 10.1 Å². The summed E-state index contributed by atoms with van der Waals surface area (Å²) in [6, 6.07) is 1.77. The van der Waals surface area contributed by atoms with E-state index in [-0.39, 0.29) is 5.82 Å². The highest BCUT2D eigenvalue weighted by Crippen LogP contribution is 2.28. The number of hydrogen-bond acceptors (Lipinski definition) is 2. The second-order valence-electron chi connectivity index (χ2n) is 3.59. The van der Waals surface area contributed by atoms with Crippen LogP contribution in [0.2, 0.25) is 0 Å². The summed E-state index contributed by atoms with van der Waals surface area (Å²) in [6.07, 6.45) is 0.749. The van der Waals surface area contributed by atoms with Crippen LogP contribution in [0, 0.1) is 12.7 Å². The fraction of sp³-hybridized carbons (Fsp3) is 0.455. The van der Waals surface area contributed by atoms with Gasteiger partial charge in [-0.3, -0.25) is 0 Å². The van der Waals surface area contributed by atoms with E-state index in [0.717, 1.165) is 36.2 Å². The summed E-state index contributed by atoms with van der Waals surface area (Å²) >= 11 is 0. The van der Waals surface area contributed by atoms with E-state index in [4.69, 9.17) is 4.74 Å². The van der Waals surface area contributed by atoms with Crippen molar-refractivity contribution in [1.82, 2.24) is 5.32 Å². The zero-order chi connectivity index (χ0) is 10.1. The molecule has 2 nitrogen and oxygen atoms in total. The quantitative estimate of drug-likeness (QED) is 0.737. The molecule has 1 heterocycles. The van der Waals surface area contributed by atoms with Gasteiger partial charge in [-0.05, 0) is 42.6 Å². The first-order valence-corrected chi connectivity index (χ1v) is 4.79. The van der Waals surface area contributed by atoms with Crippen LogP contribution in [0.4, 0.5) is 4.39 Å². The molecule has 0 aromatic heterocycles. The normalized spacial score (nSPS) is 15.1. The Morgan fingerprint density at radius 1 is 1.43 bits per heavy atom. The molecule has 0 bridgehead atoms. The van der Waals surface area contributed by atoms with Crippen LogP contribution in [0.1, 0.15) is 16.7 Å². The lowest BCUT2D eigenvalue weighted by atomic mass is 9.95. The van der Waals surface area contributed by atoms with E-state index in [0.29, 0.717) is 5.75 Å². The van der Waals surface area contributed by atoms with Gasteiger partial charge in [-0.2, -0.15) is 0 Å². The fourth-order valence-corrected chi connectivity index (χ4v) is 1.95. The molecule has 0 fully saturated rings. The minimum Gasteiger partial charge on any atom is -0.494 e. The molecule has 0 amide bonds. The lowest BCUT2D eigenvalue weighted by Crippen LogP contribution is -2.25. The van der Waals surface area contributed by atoms with Crippen molar-refractivity contribution in [2.75, 3.05) is 13.7 Å². The molecule has 1 aromatic rings. The highest BCUT2D eigenvalue weighted by Gasteiger charge is 2.18. The number of fused-ring (bicyclic) bond motifs is 1. The smallest absolute Gasteiger partial charge is 0.168 e. The number of methoxy groups -OCH3 is 1. The second kappa shape index (κ2) is 3.58. The number of halogens is 1. The monoisotopic (exact) mass is 195 g/mol. The summed E-state index contributed by atoms with van der Waals surface area (Å²) in [5.41, 5.74) is 3.01. The molecule has 14 heavy (non-hydrogen) atoms. The minimum absolute atomic E-state index is 0.186. The fourth-order valence-electron chi connectivity index (χ4n) is 1.95. The average molecular weight is 195 g/mol. The Morgan fingerprint density at radius 3 is 2.93 bits per heavy atom. The average Bonchev–Trinajstić information content (AvgIpc) is 2.23. The van der Waals surface area contributed by atoms with Gasteiger partial charge >= 0.3 is 0 Å². The molecule has 0 aliphatic carbocycles. The Labute approximate surface area is 83.1 Å². The molecule has 3 heteroatoms. The van der Waals surface area contributed by atoms with Crippen molar-refractivity contribution < 1.29 is 9.13 Å². The predicted octanol–water partition coefficient (Wildman–Crippen LogP) is 1.79. The maximum absolute atomic E-state index is 13.8. The molecule has 1 aliphatic rings. The molecular weight excluding hydrogens is 181 g/mol. The maximum Gasteiger partial charge on any atom is 0.168 e. The zero-order valence-electron chi connectivity index (χ0n) is 8.48. The summed E-state index contributed by atoms with van der Waals surface area (Å²) in [6.45, 7) is 3.60. The van der Waals surface area contributed by atoms with E-state index in [1.807, 2.05) is 6.92 Å². The van der Waals surface area contributed by atoms with Gasteiger partial charge in [-0.15, -0.1) is 0 Å². The van der Waals surface area contributed by atoms with Crippen molar-refractivity contribution in [2.24, 2.45) is 0 Å². The molecule has 0 radical (unpaired) electrons. The highest BCUT2D eigenvalue weighted by molar-refractivity contribution is 5.44. The largest absolute Gasteiger partial charge is 0.494 e. The van der Waals surface area contributed by atoms with E-state index in [9.17, 15) is 4.39 Å². The van der Waals surface area contributed by atoms with Gasteiger partial charge in [0.15, 0.2) is 11.6 Å². The van der Waals surface area contributed by atoms with Crippen molar-refractivity contribution in [1.29, 1.82) is 0 Å². The maximum atomic E-state index is 13.8. The molecule has 0 saturated carbocycles. The first-order valence-electron chi connectivity index (χ1n) is 4.79. The number of ether oxygens (including phenoxy) is 1. The van der Waals surface area contributed by atoms with Gasteiger partial charge < -0.3 is 10.1 Å². The van der Waals surface area contributed by atoms with Crippen LogP contribution in [-0.2, 0) is 13.0 Å². The van der Waals surface area contributed by atoms with Crippen LogP contribution >= 0.6 is 0 Å². The number of hydrogen-bond donors (Lipinski definition) is 1. The standard InChI is InChI=1S/C11H14FNO/c1-7-5-10(14-2)11(12)8-3-4-13-6-9(7)8/h5,13H,3-4,6H2,1-2H3. The van der Waals surface area contributed by atoms with Gasteiger partial charge in [0.1, 0.15) is 0 Å². The first-order chi connectivity index (χ1) is 6.74. The molecule has 0 spiro atoms. The van der Waals surface area contributed by atoms with Crippen molar-refractivity contribution in [3.63, 3.8) is 0 Å². The van der Waals surface area contributed by atoms with Gasteiger partial charge in [0.2, 0.25) is 0 Å². The van der Waals surface area contributed by atoms with Crippen molar-refractivity contribution in [2.45, 2.75) is 19.9 Å². The molecular formula is C11H14FNO.